The lowest BCUT2D eigenvalue weighted by atomic mass is 9.77. The average Bonchev–Trinajstić information content (AvgIpc) is 2.85. The molecule has 182 valence electrons. The summed E-state index contributed by atoms with van der Waals surface area (Å²) < 4.78 is 52.0. The topological polar surface area (TPSA) is 18.5 Å². The van der Waals surface area contributed by atoms with E-state index in [1.54, 1.807) is 14.2 Å². The lowest BCUT2D eigenvalue weighted by Gasteiger charge is -2.28. The molecule has 5 rings (SSSR count). The Balaban J connectivity index is 1.56. The van der Waals surface area contributed by atoms with Crippen molar-refractivity contribution in [3.63, 3.8) is 0 Å². The van der Waals surface area contributed by atoms with Crippen LogP contribution in [0, 0.1) is 0 Å². The van der Waals surface area contributed by atoms with Gasteiger partial charge in [-0.2, -0.15) is 13.2 Å². The van der Waals surface area contributed by atoms with Crippen molar-refractivity contribution < 1.29 is 22.6 Å². The molecular formula is C29H26ClF3O2. The number of alkyl halides is 3. The van der Waals surface area contributed by atoms with Gasteiger partial charge in [0.05, 0.1) is 25.2 Å². The van der Waals surface area contributed by atoms with Crippen molar-refractivity contribution in [2.75, 3.05) is 14.2 Å². The zero-order valence-corrected chi connectivity index (χ0v) is 20.4. The minimum absolute atomic E-state index is 0.190. The molecule has 0 spiro atoms. The Labute approximate surface area is 207 Å². The second-order valence-corrected chi connectivity index (χ2v) is 9.55. The van der Waals surface area contributed by atoms with Crippen LogP contribution >= 0.6 is 11.6 Å². The second kappa shape index (κ2) is 9.27. The predicted molar refractivity (Wildman–Crippen MR) is 135 cm³/mol. The summed E-state index contributed by atoms with van der Waals surface area (Å²) in [6.07, 6.45) is -0.530. The van der Waals surface area contributed by atoms with Gasteiger partial charge in [0.2, 0.25) is 0 Å². The summed E-state index contributed by atoms with van der Waals surface area (Å²) in [5.41, 5.74) is 2.16. The number of ether oxygens (including phenoxy) is 2. The van der Waals surface area contributed by atoms with Crippen LogP contribution in [-0.2, 0) is 19.0 Å². The van der Waals surface area contributed by atoms with Gasteiger partial charge in [-0.05, 0) is 101 Å². The van der Waals surface area contributed by atoms with E-state index in [0.29, 0.717) is 17.9 Å². The molecule has 0 fully saturated rings. The quantitative estimate of drug-likeness (QED) is 0.256. The Bertz CT molecular complexity index is 1410. The van der Waals surface area contributed by atoms with E-state index in [2.05, 4.69) is 24.3 Å². The Morgan fingerprint density at radius 1 is 0.914 bits per heavy atom. The van der Waals surface area contributed by atoms with Crippen molar-refractivity contribution in [1.29, 1.82) is 0 Å². The van der Waals surface area contributed by atoms with Gasteiger partial charge in [-0.25, -0.2) is 0 Å². The van der Waals surface area contributed by atoms with Gasteiger partial charge < -0.3 is 9.47 Å². The molecule has 35 heavy (non-hydrogen) atoms. The summed E-state index contributed by atoms with van der Waals surface area (Å²) >= 11 is 6.04. The van der Waals surface area contributed by atoms with E-state index >= 15 is 0 Å². The molecule has 0 radical (unpaired) electrons. The van der Waals surface area contributed by atoms with E-state index in [0.717, 1.165) is 58.4 Å². The Hall–Kier alpha value is -2.92. The van der Waals surface area contributed by atoms with Crippen LogP contribution in [0.4, 0.5) is 13.2 Å². The molecule has 0 bridgehead atoms. The summed E-state index contributed by atoms with van der Waals surface area (Å²) in [5, 5.41) is 4.62. The Kier molecular flexibility index (Phi) is 6.30. The van der Waals surface area contributed by atoms with Crippen molar-refractivity contribution in [1.82, 2.24) is 0 Å². The predicted octanol–water partition coefficient (Wildman–Crippen LogP) is 8.74. The largest absolute Gasteiger partial charge is 0.496 e. The molecule has 4 aromatic rings. The Morgan fingerprint density at radius 3 is 2.46 bits per heavy atom. The van der Waals surface area contributed by atoms with E-state index in [4.69, 9.17) is 21.1 Å². The zero-order chi connectivity index (χ0) is 24.7. The summed E-state index contributed by atoms with van der Waals surface area (Å²) in [4.78, 5) is 0. The summed E-state index contributed by atoms with van der Waals surface area (Å²) in [6, 6.07) is 16.2. The molecule has 0 amide bonds. The van der Waals surface area contributed by atoms with Gasteiger partial charge in [0, 0.05) is 5.02 Å². The minimum Gasteiger partial charge on any atom is -0.496 e. The number of aryl methyl sites for hydroxylation is 2. The molecule has 1 atom stereocenters. The van der Waals surface area contributed by atoms with Crippen molar-refractivity contribution in [2.24, 2.45) is 0 Å². The lowest BCUT2D eigenvalue weighted by Crippen LogP contribution is -2.13. The summed E-state index contributed by atoms with van der Waals surface area (Å²) in [5.74, 6) is 1.71. The van der Waals surface area contributed by atoms with Crippen LogP contribution in [0.1, 0.15) is 47.4 Å². The molecule has 0 heterocycles. The molecule has 2 nitrogen and oxygen atoms in total. The van der Waals surface area contributed by atoms with Crippen LogP contribution in [0.3, 0.4) is 0 Å². The fourth-order valence-corrected chi connectivity index (χ4v) is 5.84. The van der Waals surface area contributed by atoms with E-state index in [1.807, 2.05) is 12.1 Å². The van der Waals surface area contributed by atoms with Crippen LogP contribution in [0.5, 0.6) is 11.5 Å². The van der Waals surface area contributed by atoms with Gasteiger partial charge in [0.15, 0.2) is 0 Å². The van der Waals surface area contributed by atoms with Crippen LogP contribution in [0.25, 0.3) is 21.5 Å². The zero-order valence-electron chi connectivity index (χ0n) is 19.6. The van der Waals surface area contributed by atoms with Crippen molar-refractivity contribution >= 4 is 33.1 Å². The lowest BCUT2D eigenvalue weighted by molar-refractivity contribution is -0.138. The first-order valence-corrected chi connectivity index (χ1v) is 12.1. The van der Waals surface area contributed by atoms with Gasteiger partial charge in [-0.15, -0.1) is 0 Å². The number of hydrogen-bond acceptors (Lipinski definition) is 2. The molecule has 0 N–H and O–H groups in total. The van der Waals surface area contributed by atoms with E-state index in [-0.39, 0.29) is 11.5 Å². The minimum atomic E-state index is -4.39. The highest BCUT2D eigenvalue weighted by molar-refractivity contribution is 6.30. The number of benzene rings is 4. The molecule has 1 aliphatic rings. The first kappa shape index (κ1) is 23.8. The van der Waals surface area contributed by atoms with Gasteiger partial charge in [0.25, 0.3) is 0 Å². The van der Waals surface area contributed by atoms with Crippen LogP contribution in [-0.4, -0.2) is 14.2 Å². The maximum atomic E-state index is 13.5. The Morgan fingerprint density at radius 2 is 1.71 bits per heavy atom. The third kappa shape index (κ3) is 4.31. The molecule has 6 heteroatoms. The second-order valence-electron chi connectivity index (χ2n) is 9.12. The van der Waals surface area contributed by atoms with Gasteiger partial charge in [-0.3, -0.25) is 0 Å². The first-order valence-electron chi connectivity index (χ1n) is 11.8. The fourth-order valence-electron chi connectivity index (χ4n) is 5.64. The fraction of sp³-hybridized carbons (Fsp3) is 0.310. The van der Waals surface area contributed by atoms with Gasteiger partial charge in [0.1, 0.15) is 11.5 Å². The summed E-state index contributed by atoms with van der Waals surface area (Å²) in [6.45, 7) is 0. The third-order valence-electron chi connectivity index (χ3n) is 7.23. The van der Waals surface area contributed by atoms with E-state index < -0.39 is 11.7 Å². The SMILES string of the molecule is COc1cccc2c1c(OC)cc1c3c(ccc12)C(CCc1cc(Cl)ccc1C(F)(F)F)CCC3. The molecule has 0 aromatic heterocycles. The maximum absolute atomic E-state index is 13.5. The highest BCUT2D eigenvalue weighted by atomic mass is 35.5. The number of rotatable bonds is 5. The van der Waals surface area contributed by atoms with E-state index in [1.165, 1.54) is 23.3 Å². The van der Waals surface area contributed by atoms with Gasteiger partial charge >= 0.3 is 6.18 Å². The van der Waals surface area contributed by atoms with Crippen molar-refractivity contribution in [3.8, 4) is 11.5 Å². The third-order valence-corrected chi connectivity index (χ3v) is 7.46. The van der Waals surface area contributed by atoms with Crippen molar-refractivity contribution in [3.05, 3.63) is 81.9 Å². The molecule has 4 aromatic carbocycles. The smallest absolute Gasteiger partial charge is 0.416 e. The number of halogens is 4. The molecule has 0 saturated carbocycles. The molecular weight excluding hydrogens is 473 g/mol. The number of fused-ring (bicyclic) bond motifs is 5. The van der Waals surface area contributed by atoms with Crippen molar-refractivity contribution in [2.45, 2.75) is 44.2 Å². The molecule has 0 aliphatic heterocycles. The molecule has 0 saturated heterocycles. The number of methoxy groups -OCH3 is 2. The van der Waals surface area contributed by atoms with Crippen LogP contribution < -0.4 is 9.47 Å². The normalized spacial score (nSPS) is 15.9. The highest BCUT2D eigenvalue weighted by Crippen LogP contribution is 2.45. The monoisotopic (exact) mass is 498 g/mol. The molecule has 1 unspecified atom stereocenters. The maximum Gasteiger partial charge on any atom is 0.416 e. The highest BCUT2D eigenvalue weighted by Gasteiger charge is 2.33. The van der Waals surface area contributed by atoms with Gasteiger partial charge in [-0.1, -0.05) is 35.9 Å². The average molecular weight is 499 g/mol. The van der Waals surface area contributed by atoms with E-state index in [9.17, 15) is 13.2 Å². The van der Waals surface area contributed by atoms with Crippen LogP contribution in [0.15, 0.2) is 54.6 Å². The first-order chi connectivity index (χ1) is 16.8. The summed E-state index contributed by atoms with van der Waals surface area (Å²) in [7, 11) is 3.31. The number of hydrogen-bond donors (Lipinski definition) is 0. The van der Waals surface area contributed by atoms with Crippen LogP contribution in [0.2, 0.25) is 5.02 Å². The standard InChI is InChI=1S/C29H26ClF3O2/c1-34-26-8-4-7-23-22-13-12-20-17(5-3-6-21(20)24(22)16-27(35-2)28(23)26)9-10-18-15-19(30)11-14-25(18)29(31,32)33/h4,7-8,11-17H,3,5-6,9-10H2,1-2H3. The molecule has 1 aliphatic carbocycles.